The smallest absolute Gasteiger partial charge is 0.322 e. The van der Waals surface area contributed by atoms with Crippen molar-refractivity contribution in [3.63, 3.8) is 0 Å². The van der Waals surface area contributed by atoms with E-state index in [1.165, 1.54) is 0 Å². The molecule has 1 aliphatic rings. The SMILES string of the molecule is CCCCNC(=O)C1CCC(C)N(CC(=O)NCC(=O)O)C1.Cl. The van der Waals surface area contributed by atoms with Gasteiger partial charge in [-0.3, -0.25) is 19.3 Å². The van der Waals surface area contributed by atoms with Gasteiger partial charge in [0, 0.05) is 19.1 Å². The summed E-state index contributed by atoms with van der Waals surface area (Å²) in [6.07, 6.45) is 3.69. The standard InChI is InChI=1S/C15H27N3O4.ClH/c1-3-4-7-16-15(22)12-6-5-11(2)18(9-12)10-13(19)17-8-14(20)21;/h11-12H,3-10H2,1-2H3,(H,16,22)(H,17,19)(H,20,21);1H. The van der Waals surface area contributed by atoms with Gasteiger partial charge >= 0.3 is 5.97 Å². The number of aliphatic carboxylic acids is 1. The van der Waals surface area contributed by atoms with E-state index in [4.69, 9.17) is 5.11 Å². The van der Waals surface area contributed by atoms with Gasteiger partial charge in [-0.2, -0.15) is 0 Å². The van der Waals surface area contributed by atoms with E-state index in [1.807, 2.05) is 11.8 Å². The number of nitrogens with one attached hydrogen (secondary N) is 2. The molecule has 8 heteroatoms. The second-order valence-electron chi connectivity index (χ2n) is 5.87. The largest absolute Gasteiger partial charge is 0.480 e. The molecule has 7 nitrogen and oxygen atoms in total. The molecule has 1 aliphatic heterocycles. The summed E-state index contributed by atoms with van der Waals surface area (Å²) < 4.78 is 0. The number of amides is 2. The second-order valence-corrected chi connectivity index (χ2v) is 5.87. The fourth-order valence-corrected chi connectivity index (χ4v) is 2.56. The lowest BCUT2D eigenvalue weighted by Crippen LogP contribution is -2.50. The van der Waals surface area contributed by atoms with Crippen LogP contribution in [-0.4, -0.2) is 60.0 Å². The normalized spacial score (nSPS) is 21.1. The first kappa shape index (κ1) is 21.7. The van der Waals surface area contributed by atoms with Crippen molar-refractivity contribution in [2.45, 2.75) is 45.6 Å². The number of piperidine rings is 1. The number of carboxylic acid groups (broad SMARTS) is 1. The van der Waals surface area contributed by atoms with Crippen molar-refractivity contribution >= 4 is 30.2 Å². The third-order valence-corrected chi connectivity index (χ3v) is 3.99. The molecule has 1 heterocycles. The molecule has 0 saturated carbocycles. The summed E-state index contributed by atoms with van der Waals surface area (Å²) in [5.74, 6) is -1.42. The Morgan fingerprint density at radius 3 is 2.52 bits per heavy atom. The molecule has 0 radical (unpaired) electrons. The average Bonchev–Trinajstić information content (AvgIpc) is 2.47. The highest BCUT2D eigenvalue weighted by atomic mass is 35.5. The van der Waals surface area contributed by atoms with E-state index in [2.05, 4.69) is 17.6 Å². The molecule has 0 aromatic rings. The van der Waals surface area contributed by atoms with Crippen LogP contribution in [-0.2, 0) is 14.4 Å². The van der Waals surface area contributed by atoms with Crippen LogP contribution in [0.4, 0.5) is 0 Å². The summed E-state index contributed by atoms with van der Waals surface area (Å²) in [7, 11) is 0. The van der Waals surface area contributed by atoms with Gasteiger partial charge in [-0.25, -0.2) is 0 Å². The molecule has 0 spiro atoms. The summed E-state index contributed by atoms with van der Waals surface area (Å²) in [6, 6.07) is 0.218. The maximum Gasteiger partial charge on any atom is 0.322 e. The van der Waals surface area contributed by atoms with Gasteiger partial charge in [0.25, 0.3) is 0 Å². The van der Waals surface area contributed by atoms with Crippen molar-refractivity contribution in [3.05, 3.63) is 0 Å². The van der Waals surface area contributed by atoms with Gasteiger partial charge in [-0.15, -0.1) is 12.4 Å². The quantitative estimate of drug-likeness (QED) is 0.558. The second kappa shape index (κ2) is 11.2. The fourth-order valence-electron chi connectivity index (χ4n) is 2.56. The lowest BCUT2D eigenvalue weighted by atomic mass is 9.92. The van der Waals surface area contributed by atoms with Gasteiger partial charge in [0.15, 0.2) is 0 Å². The van der Waals surface area contributed by atoms with Gasteiger partial charge in [-0.05, 0) is 26.2 Å². The minimum atomic E-state index is -1.06. The number of unbranched alkanes of at least 4 members (excludes halogenated alkanes) is 1. The lowest BCUT2D eigenvalue weighted by molar-refractivity contribution is -0.138. The molecule has 134 valence electrons. The number of hydrogen-bond acceptors (Lipinski definition) is 4. The topological polar surface area (TPSA) is 98.7 Å². The molecule has 1 saturated heterocycles. The number of likely N-dealkylation sites (tertiary alicyclic amines) is 1. The first-order valence-corrected chi connectivity index (χ1v) is 7.94. The molecule has 0 aromatic carbocycles. The van der Waals surface area contributed by atoms with Crippen LogP contribution in [0.1, 0.15) is 39.5 Å². The third-order valence-electron chi connectivity index (χ3n) is 3.99. The predicted molar refractivity (Wildman–Crippen MR) is 89.6 cm³/mol. The predicted octanol–water partition coefficient (Wildman–Crippen LogP) is 0.626. The molecule has 0 bridgehead atoms. The van der Waals surface area contributed by atoms with Crippen LogP contribution in [0.3, 0.4) is 0 Å². The van der Waals surface area contributed by atoms with Crippen LogP contribution in [0.5, 0.6) is 0 Å². The highest BCUT2D eigenvalue weighted by Gasteiger charge is 2.30. The molecule has 0 aliphatic carbocycles. The van der Waals surface area contributed by atoms with E-state index in [0.29, 0.717) is 13.1 Å². The van der Waals surface area contributed by atoms with Crippen molar-refractivity contribution in [3.8, 4) is 0 Å². The molecule has 3 N–H and O–H groups in total. The Bertz CT molecular complexity index is 406. The zero-order chi connectivity index (χ0) is 16.5. The van der Waals surface area contributed by atoms with E-state index >= 15 is 0 Å². The summed E-state index contributed by atoms with van der Waals surface area (Å²) in [5, 5.41) is 13.8. The molecule has 1 fully saturated rings. The zero-order valence-corrected chi connectivity index (χ0v) is 14.7. The van der Waals surface area contributed by atoms with Crippen molar-refractivity contribution in [2.24, 2.45) is 5.92 Å². The summed E-state index contributed by atoms with van der Waals surface area (Å²) in [6.45, 7) is 5.09. The first-order valence-electron chi connectivity index (χ1n) is 7.94. The van der Waals surface area contributed by atoms with E-state index in [1.54, 1.807) is 0 Å². The Hall–Kier alpha value is -1.34. The maximum absolute atomic E-state index is 12.1. The Kier molecular flexibility index (Phi) is 10.6. The van der Waals surface area contributed by atoms with Crippen LogP contribution >= 0.6 is 12.4 Å². The molecule has 1 rings (SSSR count). The summed E-state index contributed by atoms with van der Waals surface area (Å²) in [4.78, 5) is 36.2. The number of carboxylic acids is 1. The van der Waals surface area contributed by atoms with E-state index in [-0.39, 0.29) is 49.3 Å². The van der Waals surface area contributed by atoms with Gasteiger partial charge in [0.05, 0.1) is 12.5 Å². The first-order chi connectivity index (χ1) is 10.4. The van der Waals surface area contributed by atoms with Crippen LogP contribution in [0, 0.1) is 5.92 Å². The fraction of sp³-hybridized carbons (Fsp3) is 0.800. The molecular formula is C15H28ClN3O4. The minimum absolute atomic E-state index is 0. The van der Waals surface area contributed by atoms with E-state index in [9.17, 15) is 14.4 Å². The number of carbonyl (C=O) groups is 3. The van der Waals surface area contributed by atoms with Gasteiger partial charge < -0.3 is 15.7 Å². The van der Waals surface area contributed by atoms with Gasteiger partial charge in [0.1, 0.15) is 6.54 Å². The number of rotatable bonds is 8. The third kappa shape index (κ3) is 8.18. The monoisotopic (exact) mass is 349 g/mol. The lowest BCUT2D eigenvalue weighted by Gasteiger charge is -2.36. The van der Waals surface area contributed by atoms with Crippen molar-refractivity contribution in [1.82, 2.24) is 15.5 Å². The van der Waals surface area contributed by atoms with E-state index in [0.717, 1.165) is 25.7 Å². The molecule has 2 atom stereocenters. The Morgan fingerprint density at radius 2 is 1.91 bits per heavy atom. The average molecular weight is 350 g/mol. The van der Waals surface area contributed by atoms with E-state index < -0.39 is 5.97 Å². The molecular weight excluding hydrogens is 322 g/mol. The highest BCUT2D eigenvalue weighted by molar-refractivity contribution is 5.85. The van der Waals surface area contributed by atoms with Crippen molar-refractivity contribution in [2.75, 3.05) is 26.2 Å². The number of carbonyl (C=O) groups excluding carboxylic acids is 2. The molecule has 23 heavy (non-hydrogen) atoms. The Morgan fingerprint density at radius 1 is 1.22 bits per heavy atom. The Labute approximate surface area is 143 Å². The summed E-state index contributed by atoms with van der Waals surface area (Å²) in [5.41, 5.74) is 0. The van der Waals surface area contributed by atoms with Crippen LogP contribution in [0.15, 0.2) is 0 Å². The van der Waals surface area contributed by atoms with Crippen LogP contribution < -0.4 is 10.6 Å². The van der Waals surface area contributed by atoms with Gasteiger partial charge in [0.2, 0.25) is 11.8 Å². The molecule has 0 aromatic heterocycles. The van der Waals surface area contributed by atoms with Gasteiger partial charge in [-0.1, -0.05) is 13.3 Å². The molecule has 2 unspecified atom stereocenters. The van der Waals surface area contributed by atoms with Crippen LogP contribution in [0.2, 0.25) is 0 Å². The maximum atomic E-state index is 12.1. The van der Waals surface area contributed by atoms with Crippen LogP contribution in [0.25, 0.3) is 0 Å². The number of nitrogens with zero attached hydrogens (tertiary/aromatic N) is 1. The Balaban J connectivity index is 0.00000484. The summed E-state index contributed by atoms with van der Waals surface area (Å²) >= 11 is 0. The van der Waals surface area contributed by atoms with Crippen molar-refractivity contribution in [1.29, 1.82) is 0 Å². The highest BCUT2D eigenvalue weighted by Crippen LogP contribution is 2.21. The number of hydrogen-bond donors (Lipinski definition) is 3. The molecule has 2 amide bonds. The minimum Gasteiger partial charge on any atom is -0.480 e. The number of halogens is 1. The zero-order valence-electron chi connectivity index (χ0n) is 13.8. The van der Waals surface area contributed by atoms with Crippen molar-refractivity contribution < 1.29 is 19.5 Å².